The SMILES string of the molecule is CNc1ccccc1C(=O)CC(C)=O. The van der Waals surface area contributed by atoms with E-state index in [2.05, 4.69) is 5.32 Å². The number of benzene rings is 1. The molecular formula is C11H13NO2. The van der Waals surface area contributed by atoms with Crippen LogP contribution in [-0.2, 0) is 4.79 Å². The van der Waals surface area contributed by atoms with Gasteiger partial charge in [0.1, 0.15) is 5.78 Å². The van der Waals surface area contributed by atoms with E-state index in [-0.39, 0.29) is 18.0 Å². The Kier molecular flexibility index (Phi) is 3.40. The summed E-state index contributed by atoms with van der Waals surface area (Å²) < 4.78 is 0. The highest BCUT2D eigenvalue weighted by Gasteiger charge is 2.11. The fraction of sp³-hybridized carbons (Fsp3) is 0.273. The van der Waals surface area contributed by atoms with Gasteiger partial charge in [0.25, 0.3) is 0 Å². The first-order valence-corrected chi connectivity index (χ1v) is 4.44. The molecule has 0 aromatic heterocycles. The fourth-order valence-corrected chi connectivity index (χ4v) is 1.27. The molecule has 0 aliphatic rings. The molecule has 1 N–H and O–H groups in total. The largest absolute Gasteiger partial charge is 0.388 e. The van der Waals surface area contributed by atoms with Gasteiger partial charge in [0.2, 0.25) is 0 Å². The average Bonchev–Trinajstić information content (AvgIpc) is 2.16. The van der Waals surface area contributed by atoms with Gasteiger partial charge in [-0.2, -0.15) is 0 Å². The molecule has 1 rings (SSSR count). The van der Waals surface area contributed by atoms with Crippen LogP contribution in [0.2, 0.25) is 0 Å². The van der Waals surface area contributed by atoms with Crippen LogP contribution in [-0.4, -0.2) is 18.6 Å². The van der Waals surface area contributed by atoms with E-state index in [1.54, 1.807) is 19.2 Å². The third kappa shape index (κ3) is 2.42. The van der Waals surface area contributed by atoms with Crippen LogP contribution >= 0.6 is 0 Å². The van der Waals surface area contributed by atoms with Crippen molar-refractivity contribution in [3.63, 3.8) is 0 Å². The quantitative estimate of drug-likeness (QED) is 0.584. The molecule has 1 aromatic rings. The molecule has 3 nitrogen and oxygen atoms in total. The lowest BCUT2D eigenvalue weighted by molar-refractivity contribution is -0.116. The number of anilines is 1. The lowest BCUT2D eigenvalue weighted by Gasteiger charge is -2.06. The van der Waals surface area contributed by atoms with Gasteiger partial charge >= 0.3 is 0 Å². The van der Waals surface area contributed by atoms with Crippen molar-refractivity contribution in [2.24, 2.45) is 0 Å². The van der Waals surface area contributed by atoms with Crippen LogP contribution in [0.4, 0.5) is 5.69 Å². The van der Waals surface area contributed by atoms with Crippen molar-refractivity contribution in [2.75, 3.05) is 12.4 Å². The van der Waals surface area contributed by atoms with E-state index < -0.39 is 0 Å². The Hall–Kier alpha value is -1.64. The maximum absolute atomic E-state index is 11.6. The lowest BCUT2D eigenvalue weighted by Crippen LogP contribution is -2.07. The number of rotatable bonds is 4. The highest BCUT2D eigenvalue weighted by molar-refractivity contribution is 6.10. The predicted octanol–water partition coefficient (Wildman–Crippen LogP) is 1.89. The van der Waals surface area contributed by atoms with Gasteiger partial charge in [-0.3, -0.25) is 9.59 Å². The number of carbonyl (C=O) groups excluding carboxylic acids is 2. The van der Waals surface area contributed by atoms with Gasteiger partial charge in [0, 0.05) is 18.3 Å². The van der Waals surface area contributed by atoms with Gasteiger partial charge in [-0.05, 0) is 19.1 Å². The normalized spacial score (nSPS) is 9.57. The molecule has 3 heteroatoms. The first-order chi connectivity index (χ1) is 6.65. The van der Waals surface area contributed by atoms with Crippen molar-refractivity contribution in [3.8, 4) is 0 Å². The molecule has 0 amide bonds. The molecule has 0 spiro atoms. The molecule has 0 aliphatic heterocycles. The molecule has 0 bridgehead atoms. The molecule has 1 aromatic carbocycles. The number of carbonyl (C=O) groups is 2. The summed E-state index contributed by atoms with van der Waals surface area (Å²) in [6.45, 7) is 1.42. The Morgan fingerprint density at radius 1 is 1.29 bits per heavy atom. The van der Waals surface area contributed by atoms with Gasteiger partial charge in [-0.25, -0.2) is 0 Å². The summed E-state index contributed by atoms with van der Waals surface area (Å²) in [6.07, 6.45) is -0.0291. The first-order valence-electron chi connectivity index (χ1n) is 4.44. The minimum absolute atomic E-state index is 0.0291. The minimum atomic E-state index is -0.137. The van der Waals surface area contributed by atoms with E-state index in [1.165, 1.54) is 6.92 Å². The van der Waals surface area contributed by atoms with Gasteiger partial charge in [0.05, 0.1) is 6.42 Å². The molecule has 0 fully saturated rings. The third-order valence-corrected chi connectivity index (χ3v) is 1.91. The standard InChI is InChI=1S/C11H13NO2/c1-8(13)7-11(14)9-5-3-4-6-10(9)12-2/h3-6,12H,7H2,1-2H3. The van der Waals surface area contributed by atoms with Crippen LogP contribution in [0.3, 0.4) is 0 Å². The van der Waals surface area contributed by atoms with Crippen molar-refractivity contribution < 1.29 is 9.59 Å². The molecule has 14 heavy (non-hydrogen) atoms. The summed E-state index contributed by atoms with van der Waals surface area (Å²) >= 11 is 0. The summed E-state index contributed by atoms with van der Waals surface area (Å²) in [5.74, 6) is -0.247. The van der Waals surface area contributed by atoms with Gasteiger partial charge in [0.15, 0.2) is 5.78 Å². The highest BCUT2D eigenvalue weighted by Crippen LogP contribution is 2.15. The summed E-state index contributed by atoms with van der Waals surface area (Å²) in [7, 11) is 1.75. The van der Waals surface area contributed by atoms with Gasteiger partial charge in [-0.1, -0.05) is 12.1 Å². The zero-order valence-electron chi connectivity index (χ0n) is 8.33. The Balaban J connectivity index is 2.94. The van der Waals surface area contributed by atoms with E-state index in [0.717, 1.165) is 5.69 Å². The van der Waals surface area contributed by atoms with Crippen molar-refractivity contribution in [1.82, 2.24) is 0 Å². The summed E-state index contributed by atoms with van der Waals surface area (Å²) in [5, 5.41) is 2.92. The number of ketones is 2. The zero-order chi connectivity index (χ0) is 10.6. The molecular weight excluding hydrogens is 178 g/mol. The molecule has 74 valence electrons. The number of hydrogen-bond donors (Lipinski definition) is 1. The Labute approximate surface area is 83.1 Å². The van der Waals surface area contributed by atoms with Gasteiger partial charge in [-0.15, -0.1) is 0 Å². The van der Waals surface area contributed by atoms with E-state index in [1.807, 2.05) is 12.1 Å². The molecule has 0 heterocycles. The van der Waals surface area contributed by atoms with Crippen LogP contribution in [0.1, 0.15) is 23.7 Å². The zero-order valence-corrected chi connectivity index (χ0v) is 8.33. The fourth-order valence-electron chi connectivity index (χ4n) is 1.27. The maximum Gasteiger partial charge on any atom is 0.172 e. The van der Waals surface area contributed by atoms with Crippen LogP contribution in [0.25, 0.3) is 0 Å². The third-order valence-electron chi connectivity index (χ3n) is 1.91. The Morgan fingerprint density at radius 3 is 2.50 bits per heavy atom. The Morgan fingerprint density at radius 2 is 1.93 bits per heavy atom. The number of para-hydroxylation sites is 1. The van der Waals surface area contributed by atoms with Crippen LogP contribution < -0.4 is 5.32 Å². The monoisotopic (exact) mass is 191 g/mol. The molecule has 0 atom stereocenters. The maximum atomic E-state index is 11.6. The number of nitrogens with one attached hydrogen (secondary N) is 1. The van der Waals surface area contributed by atoms with Crippen molar-refractivity contribution in [1.29, 1.82) is 0 Å². The second kappa shape index (κ2) is 4.56. The lowest BCUT2D eigenvalue weighted by atomic mass is 10.0. The van der Waals surface area contributed by atoms with Gasteiger partial charge < -0.3 is 5.32 Å². The van der Waals surface area contributed by atoms with Crippen LogP contribution in [0.15, 0.2) is 24.3 Å². The van der Waals surface area contributed by atoms with E-state index in [4.69, 9.17) is 0 Å². The van der Waals surface area contributed by atoms with E-state index in [0.29, 0.717) is 5.56 Å². The molecule has 0 saturated heterocycles. The second-order valence-corrected chi connectivity index (χ2v) is 3.10. The van der Waals surface area contributed by atoms with E-state index in [9.17, 15) is 9.59 Å². The average molecular weight is 191 g/mol. The second-order valence-electron chi connectivity index (χ2n) is 3.10. The first kappa shape index (κ1) is 10.4. The highest BCUT2D eigenvalue weighted by atomic mass is 16.1. The molecule has 0 aliphatic carbocycles. The Bertz CT molecular complexity index is 358. The van der Waals surface area contributed by atoms with E-state index >= 15 is 0 Å². The summed E-state index contributed by atoms with van der Waals surface area (Å²) in [5.41, 5.74) is 1.34. The number of hydrogen-bond acceptors (Lipinski definition) is 3. The predicted molar refractivity (Wildman–Crippen MR) is 55.6 cm³/mol. The molecule has 0 unspecified atom stereocenters. The molecule has 0 radical (unpaired) electrons. The summed E-state index contributed by atoms with van der Waals surface area (Å²) in [4.78, 5) is 22.4. The van der Waals surface area contributed by atoms with Crippen molar-refractivity contribution >= 4 is 17.3 Å². The van der Waals surface area contributed by atoms with Crippen LogP contribution in [0.5, 0.6) is 0 Å². The van der Waals surface area contributed by atoms with Crippen molar-refractivity contribution in [2.45, 2.75) is 13.3 Å². The topological polar surface area (TPSA) is 46.2 Å². The number of Topliss-reactive ketones (excluding diaryl/α,β-unsaturated/α-hetero) is 2. The smallest absolute Gasteiger partial charge is 0.172 e. The summed E-state index contributed by atoms with van der Waals surface area (Å²) in [6, 6.07) is 7.16. The van der Waals surface area contributed by atoms with Crippen LogP contribution in [0, 0.1) is 0 Å². The van der Waals surface area contributed by atoms with Crippen molar-refractivity contribution in [3.05, 3.63) is 29.8 Å². The molecule has 0 saturated carbocycles. The minimum Gasteiger partial charge on any atom is -0.388 e.